The summed E-state index contributed by atoms with van der Waals surface area (Å²) in [5.74, 6) is 3.09. The molecule has 0 saturated carbocycles. The fraction of sp³-hybridized carbons (Fsp3) is 0.200. The molecule has 110 valence electrons. The summed E-state index contributed by atoms with van der Waals surface area (Å²) < 4.78 is 7.08. The van der Waals surface area contributed by atoms with E-state index in [4.69, 9.17) is 9.72 Å². The Morgan fingerprint density at radius 3 is 2.73 bits per heavy atom. The van der Waals surface area contributed by atoms with Gasteiger partial charge in [0.2, 0.25) is 0 Å². The zero-order valence-corrected chi connectivity index (χ0v) is 12.2. The Balaban J connectivity index is 1.92. The van der Waals surface area contributed by atoms with Crippen LogP contribution in [0.25, 0.3) is 28.4 Å². The number of benzene rings is 1. The molecule has 0 unspecified atom stereocenters. The average molecular weight is 294 g/mol. The standard InChI is InChI=1S/C15H14N6O/c1-3-12-17-14-11(8-16-19-14)15-18-13(20-21(12)15)9-4-6-10(22-2)7-5-9/h4-8H,3H2,1-2H3,(H,18,20). The highest BCUT2D eigenvalue weighted by Gasteiger charge is 2.18. The van der Waals surface area contributed by atoms with Crippen molar-refractivity contribution in [1.82, 2.24) is 29.8 Å². The Morgan fingerprint density at radius 1 is 1.18 bits per heavy atom. The first-order valence-corrected chi connectivity index (χ1v) is 7.03. The first kappa shape index (κ1) is 12.8. The molecule has 0 saturated heterocycles. The minimum atomic E-state index is 0.629. The summed E-state index contributed by atoms with van der Waals surface area (Å²) in [5.41, 5.74) is 2.61. The number of aromatic nitrogens is 6. The van der Waals surface area contributed by atoms with Gasteiger partial charge in [0.25, 0.3) is 0 Å². The maximum Gasteiger partial charge on any atom is 0.188 e. The van der Waals surface area contributed by atoms with Crippen LogP contribution in [0, 0.1) is 0 Å². The molecule has 0 spiro atoms. The summed E-state index contributed by atoms with van der Waals surface area (Å²) in [7, 11) is 1.65. The highest BCUT2D eigenvalue weighted by Crippen LogP contribution is 2.26. The molecule has 1 aromatic carbocycles. The largest absolute Gasteiger partial charge is 0.497 e. The molecule has 0 radical (unpaired) electrons. The van der Waals surface area contributed by atoms with Gasteiger partial charge in [-0.15, -0.1) is 5.10 Å². The monoisotopic (exact) mass is 294 g/mol. The van der Waals surface area contributed by atoms with Gasteiger partial charge >= 0.3 is 0 Å². The predicted octanol–water partition coefficient (Wildman–Crippen LogP) is 2.19. The van der Waals surface area contributed by atoms with Crippen molar-refractivity contribution in [1.29, 1.82) is 0 Å². The number of hydrogen-bond acceptors (Lipinski definition) is 5. The quantitative estimate of drug-likeness (QED) is 0.626. The Morgan fingerprint density at radius 2 is 2.00 bits per heavy atom. The molecule has 0 aliphatic carbocycles. The number of ether oxygens (including phenoxy) is 1. The molecule has 2 aromatic rings. The van der Waals surface area contributed by atoms with Crippen LogP contribution in [0.1, 0.15) is 12.7 Å². The molecule has 2 aliphatic rings. The number of rotatable bonds is 3. The lowest BCUT2D eigenvalue weighted by molar-refractivity contribution is 0.415. The predicted molar refractivity (Wildman–Crippen MR) is 80.9 cm³/mol. The number of aromatic amines is 1. The van der Waals surface area contributed by atoms with E-state index in [0.717, 1.165) is 40.6 Å². The van der Waals surface area contributed by atoms with Gasteiger partial charge in [0.1, 0.15) is 11.6 Å². The van der Waals surface area contributed by atoms with Crippen molar-refractivity contribution in [3.63, 3.8) is 0 Å². The Kier molecular flexibility index (Phi) is 2.78. The van der Waals surface area contributed by atoms with Gasteiger partial charge in [-0.1, -0.05) is 6.92 Å². The maximum atomic E-state index is 5.19. The summed E-state index contributed by atoms with van der Waals surface area (Å²) in [5, 5.41) is 11.3. The van der Waals surface area contributed by atoms with Crippen LogP contribution in [0.3, 0.4) is 0 Å². The van der Waals surface area contributed by atoms with Gasteiger partial charge in [0.15, 0.2) is 17.3 Å². The lowest BCUT2D eigenvalue weighted by Gasteiger charge is -2.03. The number of aryl methyl sites for hydroxylation is 1. The Labute approximate surface area is 126 Å². The van der Waals surface area contributed by atoms with Crippen molar-refractivity contribution in [2.24, 2.45) is 0 Å². The second-order valence-electron chi connectivity index (χ2n) is 4.92. The van der Waals surface area contributed by atoms with Gasteiger partial charge in [-0.3, -0.25) is 5.10 Å². The van der Waals surface area contributed by atoms with Crippen LogP contribution in [0.15, 0.2) is 30.5 Å². The summed E-state index contributed by atoms with van der Waals surface area (Å²) >= 11 is 0. The molecule has 4 rings (SSSR count). The van der Waals surface area contributed by atoms with Gasteiger partial charge in [-0.25, -0.2) is 14.5 Å². The summed E-state index contributed by atoms with van der Waals surface area (Å²) in [6.07, 6.45) is 2.46. The van der Waals surface area contributed by atoms with Crippen LogP contribution in [0.5, 0.6) is 5.75 Å². The van der Waals surface area contributed by atoms with Gasteiger partial charge in [0.05, 0.1) is 18.9 Å². The highest BCUT2D eigenvalue weighted by atomic mass is 16.5. The van der Waals surface area contributed by atoms with Gasteiger partial charge in [-0.2, -0.15) is 5.10 Å². The van der Waals surface area contributed by atoms with Crippen LogP contribution in [0.4, 0.5) is 0 Å². The van der Waals surface area contributed by atoms with Crippen LogP contribution in [-0.2, 0) is 6.42 Å². The molecule has 22 heavy (non-hydrogen) atoms. The third-order valence-electron chi connectivity index (χ3n) is 3.64. The highest BCUT2D eigenvalue weighted by molar-refractivity contribution is 5.74. The topological polar surface area (TPSA) is 81.0 Å². The zero-order valence-electron chi connectivity index (χ0n) is 12.2. The molecule has 2 aliphatic heterocycles. The molecule has 0 atom stereocenters. The fourth-order valence-electron chi connectivity index (χ4n) is 2.49. The Bertz CT molecular complexity index is 908. The summed E-state index contributed by atoms with van der Waals surface area (Å²) in [6.45, 7) is 2.05. The number of fused-ring (bicyclic) bond motifs is 3. The van der Waals surface area contributed by atoms with Crippen LogP contribution in [-0.4, -0.2) is 36.9 Å². The molecule has 1 aromatic heterocycles. The summed E-state index contributed by atoms with van der Waals surface area (Å²) in [4.78, 5) is 9.21. The van der Waals surface area contributed by atoms with Gasteiger partial charge < -0.3 is 4.74 Å². The van der Waals surface area contributed by atoms with Crippen molar-refractivity contribution in [2.75, 3.05) is 7.11 Å². The van der Waals surface area contributed by atoms with E-state index in [2.05, 4.69) is 20.3 Å². The van der Waals surface area contributed by atoms with E-state index in [-0.39, 0.29) is 0 Å². The molecular weight excluding hydrogens is 280 g/mol. The smallest absolute Gasteiger partial charge is 0.188 e. The van der Waals surface area contributed by atoms with Crippen LogP contribution >= 0.6 is 0 Å². The summed E-state index contributed by atoms with van der Waals surface area (Å²) in [6, 6.07) is 7.75. The molecule has 7 nitrogen and oxygen atoms in total. The lowest BCUT2D eigenvalue weighted by Crippen LogP contribution is -2.04. The maximum absolute atomic E-state index is 5.19. The van der Waals surface area contributed by atoms with Gasteiger partial charge in [-0.05, 0) is 24.3 Å². The van der Waals surface area contributed by atoms with Crippen molar-refractivity contribution >= 4 is 5.65 Å². The van der Waals surface area contributed by atoms with Crippen LogP contribution < -0.4 is 4.74 Å². The Hall–Kier alpha value is -2.96. The first-order chi connectivity index (χ1) is 10.8. The molecule has 1 N–H and O–H groups in total. The number of hydrogen-bond donors (Lipinski definition) is 1. The second kappa shape index (κ2) is 4.80. The normalized spacial score (nSPS) is 11.4. The van der Waals surface area contributed by atoms with Crippen molar-refractivity contribution in [3.05, 3.63) is 36.3 Å². The number of methoxy groups -OCH3 is 1. The van der Waals surface area contributed by atoms with E-state index in [1.165, 1.54) is 0 Å². The second-order valence-corrected chi connectivity index (χ2v) is 4.92. The van der Waals surface area contributed by atoms with E-state index in [9.17, 15) is 0 Å². The third-order valence-corrected chi connectivity index (χ3v) is 3.64. The molecule has 3 heterocycles. The number of nitrogens with one attached hydrogen (secondary N) is 1. The van der Waals surface area contributed by atoms with Crippen molar-refractivity contribution in [2.45, 2.75) is 13.3 Å². The number of H-pyrrole nitrogens is 1. The average Bonchev–Trinajstić information content (AvgIpc) is 3.20. The van der Waals surface area contributed by atoms with Crippen molar-refractivity contribution in [3.8, 4) is 28.5 Å². The van der Waals surface area contributed by atoms with E-state index < -0.39 is 0 Å². The molecule has 0 fully saturated rings. The van der Waals surface area contributed by atoms with Crippen LogP contribution in [0.2, 0.25) is 0 Å². The SMILES string of the molecule is CCc1nc2nncc-2c2nc(-c3ccc(OC)cc3)[nH]n12. The van der Waals surface area contributed by atoms with E-state index in [1.54, 1.807) is 13.3 Å². The molecule has 0 bridgehead atoms. The molecular formula is C15H14N6O. The van der Waals surface area contributed by atoms with Crippen molar-refractivity contribution < 1.29 is 4.74 Å². The molecule has 0 amide bonds. The lowest BCUT2D eigenvalue weighted by atomic mass is 10.2. The van der Waals surface area contributed by atoms with E-state index >= 15 is 0 Å². The zero-order chi connectivity index (χ0) is 15.1. The fourth-order valence-corrected chi connectivity index (χ4v) is 2.49. The third kappa shape index (κ3) is 1.82. The minimum Gasteiger partial charge on any atom is -0.497 e. The van der Waals surface area contributed by atoms with Gasteiger partial charge in [0, 0.05) is 12.0 Å². The number of nitrogens with zero attached hydrogens (tertiary/aromatic N) is 5. The van der Waals surface area contributed by atoms with E-state index in [1.807, 2.05) is 35.7 Å². The van der Waals surface area contributed by atoms with E-state index in [0.29, 0.717) is 5.82 Å². The minimum absolute atomic E-state index is 0.629. The molecule has 7 heteroatoms. The first-order valence-electron chi connectivity index (χ1n) is 7.03.